The van der Waals surface area contributed by atoms with Gasteiger partial charge in [-0.1, -0.05) is 30.3 Å². The van der Waals surface area contributed by atoms with Gasteiger partial charge in [-0.05, 0) is 12.2 Å². The number of anilines is 1. The normalized spacial score (nSPS) is 22.5. The number of nitrogens with one attached hydrogen (secondary N) is 2. The van der Waals surface area contributed by atoms with Gasteiger partial charge in [0.1, 0.15) is 12.7 Å². The van der Waals surface area contributed by atoms with E-state index >= 15 is 0 Å². The summed E-state index contributed by atoms with van der Waals surface area (Å²) in [4.78, 5) is 51.7. The van der Waals surface area contributed by atoms with E-state index in [1.165, 1.54) is 18.3 Å². The monoisotopic (exact) mass is 565 g/mol. The highest BCUT2D eigenvalue weighted by atomic mass is 32.1. The maximum atomic E-state index is 11.9. The van der Waals surface area contributed by atoms with Crippen molar-refractivity contribution in [1.29, 1.82) is 0 Å². The summed E-state index contributed by atoms with van der Waals surface area (Å²) in [5.41, 5.74) is 1.67. The van der Waals surface area contributed by atoms with Gasteiger partial charge in [-0.25, -0.2) is 4.98 Å². The van der Waals surface area contributed by atoms with Crippen LogP contribution in [0, 0.1) is 0 Å². The standard InChI is InChI=1S/C24H27N3O9S2/c1-12(28)32-10-18-19(33-13(2)29)20(34-14(3)30)21(35-15(4)31)22(36-18)26-23(37)27-24-25-17(11-38-24)16-8-6-5-7-9-16/h5-9,11,18-22H,10H2,1-4H3,(H2,25,26,27,37)/t18-,19-,20+,21-,22-/m1/s1. The van der Waals surface area contributed by atoms with Gasteiger partial charge >= 0.3 is 23.9 Å². The van der Waals surface area contributed by atoms with Crippen molar-refractivity contribution in [3.63, 3.8) is 0 Å². The summed E-state index contributed by atoms with van der Waals surface area (Å²) in [6.45, 7) is 4.30. The van der Waals surface area contributed by atoms with Crippen LogP contribution in [0.5, 0.6) is 0 Å². The smallest absolute Gasteiger partial charge is 0.303 e. The van der Waals surface area contributed by atoms with Gasteiger partial charge in [-0.2, -0.15) is 0 Å². The van der Waals surface area contributed by atoms with E-state index in [1.54, 1.807) is 0 Å². The first-order valence-corrected chi connectivity index (χ1v) is 12.7. The van der Waals surface area contributed by atoms with E-state index in [4.69, 9.17) is 35.9 Å². The number of rotatable bonds is 8. The Morgan fingerprint density at radius 3 is 2.13 bits per heavy atom. The molecule has 1 saturated heterocycles. The number of esters is 4. The highest BCUT2D eigenvalue weighted by Crippen LogP contribution is 2.29. The van der Waals surface area contributed by atoms with Crippen molar-refractivity contribution in [2.75, 3.05) is 11.9 Å². The fourth-order valence-corrected chi connectivity index (χ4v) is 4.68. The minimum absolute atomic E-state index is 0.0554. The van der Waals surface area contributed by atoms with Crippen LogP contribution < -0.4 is 10.6 Å². The summed E-state index contributed by atoms with van der Waals surface area (Å²) >= 11 is 6.74. The lowest BCUT2D eigenvalue weighted by atomic mass is 9.97. The Kier molecular flexibility index (Phi) is 10.1. The van der Waals surface area contributed by atoms with Gasteiger partial charge in [0.05, 0.1) is 5.69 Å². The van der Waals surface area contributed by atoms with Crippen molar-refractivity contribution >= 4 is 57.7 Å². The number of thiocarbonyl (C=S) groups is 1. The fraction of sp³-hybridized carbons (Fsp3) is 0.417. The first-order chi connectivity index (χ1) is 18.0. The fourth-order valence-electron chi connectivity index (χ4n) is 3.68. The number of carbonyl (C=O) groups excluding carboxylic acids is 4. The summed E-state index contributed by atoms with van der Waals surface area (Å²) in [5, 5.41) is 8.22. The first-order valence-electron chi connectivity index (χ1n) is 11.4. The van der Waals surface area contributed by atoms with Crippen molar-refractivity contribution < 1.29 is 42.9 Å². The summed E-state index contributed by atoms with van der Waals surface area (Å²) in [6, 6.07) is 9.55. The molecule has 0 radical (unpaired) electrons. The van der Waals surface area contributed by atoms with Gasteiger partial charge in [0, 0.05) is 38.6 Å². The first kappa shape index (κ1) is 28.9. The third kappa shape index (κ3) is 8.19. The topological polar surface area (TPSA) is 151 Å². The van der Waals surface area contributed by atoms with Gasteiger partial charge in [-0.3, -0.25) is 19.2 Å². The van der Waals surface area contributed by atoms with Crippen LogP contribution in [0.3, 0.4) is 0 Å². The van der Waals surface area contributed by atoms with Crippen LogP contribution in [0.25, 0.3) is 11.3 Å². The van der Waals surface area contributed by atoms with Crippen molar-refractivity contribution in [1.82, 2.24) is 10.3 Å². The molecule has 1 aliphatic rings. The molecular formula is C24H27N3O9S2. The molecule has 1 aliphatic heterocycles. The Morgan fingerprint density at radius 2 is 1.53 bits per heavy atom. The molecule has 0 aliphatic carbocycles. The van der Waals surface area contributed by atoms with Crippen LogP contribution in [0.2, 0.25) is 0 Å². The molecule has 1 aromatic heterocycles. The predicted octanol–water partition coefficient (Wildman–Crippen LogP) is 2.18. The molecule has 3 rings (SSSR count). The summed E-state index contributed by atoms with van der Waals surface area (Å²) < 4.78 is 27.2. The highest BCUT2D eigenvalue weighted by Gasteiger charge is 2.52. The lowest BCUT2D eigenvalue weighted by Crippen LogP contribution is -2.66. The molecule has 0 unspecified atom stereocenters. The zero-order chi connectivity index (χ0) is 27.8. The zero-order valence-corrected chi connectivity index (χ0v) is 22.6. The molecule has 2 heterocycles. The maximum Gasteiger partial charge on any atom is 0.303 e. The minimum Gasteiger partial charge on any atom is -0.463 e. The Morgan fingerprint density at radius 1 is 0.921 bits per heavy atom. The molecule has 38 heavy (non-hydrogen) atoms. The van der Waals surface area contributed by atoms with Gasteiger partial charge < -0.3 is 34.3 Å². The van der Waals surface area contributed by atoms with Crippen LogP contribution in [-0.2, 0) is 42.9 Å². The predicted molar refractivity (Wildman–Crippen MR) is 139 cm³/mol. The maximum absolute atomic E-state index is 11.9. The molecule has 2 aromatic rings. The molecule has 2 N–H and O–H groups in total. The number of hydrogen-bond donors (Lipinski definition) is 2. The van der Waals surface area contributed by atoms with Gasteiger partial charge in [0.25, 0.3) is 0 Å². The highest BCUT2D eigenvalue weighted by molar-refractivity contribution is 7.80. The molecular weight excluding hydrogens is 538 g/mol. The summed E-state index contributed by atoms with van der Waals surface area (Å²) in [7, 11) is 0. The van der Waals surface area contributed by atoms with Crippen molar-refractivity contribution in [3.05, 3.63) is 35.7 Å². The number of aromatic nitrogens is 1. The van der Waals surface area contributed by atoms with Crippen LogP contribution in [0.15, 0.2) is 35.7 Å². The van der Waals surface area contributed by atoms with Crippen LogP contribution in [0.4, 0.5) is 5.13 Å². The minimum atomic E-state index is -1.31. The van der Waals surface area contributed by atoms with Crippen molar-refractivity contribution in [3.8, 4) is 11.3 Å². The molecule has 0 amide bonds. The van der Waals surface area contributed by atoms with E-state index in [2.05, 4.69) is 15.6 Å². The van der Waals surface area contributed by atoms with E-state index in [9.17, 15) is 19.2 Å². The summed E-state index contributed by atoms with van der Waals surface area (Å²) in [6.07, 6.45) is -6.13. The van der Waals surface area contributed by atoms with Crippen LogP contribution >= 0.6 is 23.6 Å². The van der Waals surface area contributed by atoms with E-state index in [0.29, 0.717) is 5.13 Å². The van der Waals surface area contributed by atoms with Crippen LogP contribution in [-0.4, -0.2) is 71.2 Å². The third-order valence-corrected chi connectivity index (χ3v) is 6.04. The molecule has 14 heteroatoms. The second kappa shape index (κ2) is 13.3. The number of carbonyl (C=O) groups is 4. The van der Waals surface area contributed by atoms with Crippen molar-refractivity contribution in [2.24, 2.45) is 0 Å². The number of benzene rings is 1. The second-order valence-electron chi connectivity index (χ2n) is 8.12. The molecule has 204 valence electrons. The van der Waals surface area contributed by atoms with E-state index < -0.39 is 54.5 Å². The van der Waals surface area contributed by atoms with Gasteiger partial charge in [-0.15, -0.1) is 11.3 Å². The van der Waals surface area contributed by atoms with E-state index in [1.807, 2.05) is 35.7 Å². The zero-order valence-electron chi connectivity index (χ0n) is 21.0. The number of thiazole rings is 1. The second-order valence-corrected chi connectivity index (χ2v) is 9.39. The third-order valence-electron chi connectivity index (χ3n) is 5.06. The molecule has 0 spiro atoms. The Balaban J connectivity index is 1.84. The van der Waals surface area contributed by atoms with E-state index in [-0.39, 0.29) is 11.7 Å². The Hall–Kier alpha value is -3.62. The Labute approximate surface area is 227 Å². The largest absolute Gasteiger partial charge is 0.463 e. The molecule has 0 saturated carbocycles. The summed E-state index contributed by atoms with van der Waals surface area (Å²) in [5.74, 6) is -2.77. The number of ether oxygens (including phenoxy) is 5. The molecule has 5 atom stereocenters. The average Bonchev–Trinajstić information content (AvgIpc) is 3.29. The SMILES string of the molecule is CC(=O)OC[C@H]1O[C@@H](NC(=S)Nc2nc(-c3ccccc3)cs2)[C@H](OC(C)=O)[C@@H](OC(C)=O)[C@@H]1OC(C)=O. The lowest BCUT2D eigenvalue weighted by Gasteiger charge is -2.44. The lowest BCUT2D eigenvalue weighted by molar-refractivity contribution is -0.254. The molecule has 1 fully saturated rings. The Bertz CT molecular complexity index is 1170. The van der Waals surface area contributed by atoms with E-state index in [0.717, 1.165) is 32.0 Å². The molecule has 12 nitrogen and oxygen atoms in total. The number of nitrogens with zero attached hydrogens (tertiary/aromatic N) is 1. The van der Waals surface area contributed by atoms with Gasteiger partial charge in [0.2, 0.25) is 0 Å². The quantitative estimate of drug-likeness (QED) is 0.274. The van der Waals surface area contributed by atoms with Crippen LogP contribution in [0.1, 0.15) is 27.7 Å². The number of hydrogen-bond acceptors (Lipinski definition) is 12. The molecule has 1 aromatic carbocycles. The average molecular weight is 566 g/mol. The van der Waals surface area contributed by atoms with Gasteiger partial charge in [0.15, 0.2) is 34.8 Å². The molecule has 0 bridgehead atoms. The van der Waals surface area contributed by atoms with Crippen molar-refractivity contribution in [2.45, 2.75) is 58.3 Å².